The zero-order chi connectivity index (χ0) is 20.2. The van der Waals surface area contributed by atoms with E-state index in [0.29, 0.717) is 52.0 Å². The van der Waals surface area contributed by atoms with Crippen molar-refractivity contribution in [2.75, 3.05) is 26.2 Å². The molecule has 0 atom stereocenters. The van der Waals surface area contributed by atoms with Gasteiger partial charge in [0.2, 0.25) is 11.8 Å². The van der Waals surface area contributed by atoms with Gasteiger partial charge in [0, 0.05) is 43.7 Å². The van der Waals surface area contributed by atoms with Crippen molar-refractivity contribution in [3.63, 3.8) is 0 Å². The van der Waals surface area contributed by atoms with Gasteiger partial charge in [-0.1, -0.05) is 20.8 Å². The number of nitriles is 1. The Morgan fingerprint density at radius 2 is 1.70 bits per heavy atom. The van der Waals surface area contributed by atoms with E-state index in [1.54, 1.807) is 0 Å². The molecule has 27 heavy (non-hydrogen) atoms. The number of piperazine rings is 1. The van der Waals surface area contributed by atoms with Crippen LogP contribution in [-0.4, -0.2) is 57.6 Å². The fourth-order valence-corrected chi connectivity index (χ4v) is 3.49. The van der Waals surface area contributed by atoms with E-state index in [4.69, 9.17) is 5.26 Å². The first-order valence-electron chi connectivity index (χ1n) is 9.62. The van der Waals surface area contributed by atoms with Crippen LogP contribution in [0.1, 0.15) is 50.6 Å². The lowest BCUT2D eigenvalue weighted by atomic mass is 9.94. The van der Waals surface area contributed by atoms with Crippen molar-refractivity contribution >= 4 is 11.8 Å². The van der Waals surface area contributed by atoms with E-state index in [-0.39, 0.29) is 17.2 Å². The Bertz CT molecular complexity index is 731. The fraction of sp³-hybridized carbons (Fsp3) is 0.700. The van der Waals surface area contributed by atoms with Crippen LogP contribution >= 0.6 is 0 Å². The van der Waals surface area contributed by atoms with Crippen LogP contribution in [-0.2, 0) is 22.6 Å². The third-order valence-electron chi connectivity index (χ3n) is 5.12. The van der Waals surface area contributed by atoms with Crippen molar-refractivity contribution in [1.82, 2.24) is 19.6 Å². The largest absolute Gasteiger partial charge is 0.339 e. The Hall–Kier alpha value is -2.36. The molecule has 1 aromatic heterocycles. The number of aryl methyl sites for hydroxylation is 2. The lowest BCUT2D eigenvalue weighted by Crippen LogP contribution is -2.53. The lowest BCUT2D eigenvalue weighted by molar-refractivity contribution is -0.144. The third kappa shape index (κ3) is 5.09. The van der Waals surface area contributed by atoms with Gasteiger partial charge in [0.05, 0.1) is 24.7 Å². The SMILES string of the molecule is Cc1nn(CCC#N)c(C)c1CCC(=O)N1CCN(C(=O)C(C)(C)C)CC1. The first-order valence-corrected chi connectivity index (χ1v) is 9.62. The zero-order valence-corrected chi connectivity index (χ0v) is 17.2. The summed E-state index contributed by atoms with van der Waals surface area (Å²) in [6, 6.07) is 2.14. The highest BCUT2D eigenvalue weighted by Gasteiger charge is 2.30. The standard InChI is InChI=1S/C20H31N5O2/c1-15-17(16(2)25(22-15)10-6-9-21)7-8-18(26)23-11-13-24(14-12-23)19(27)20(3,4)5/h6-8,10-14H2,1-5H3. The molecule has 1 aliphatic rings. The summed E-state index contributed by atoms with van der Waals surface area (Å²) in [5.74, 6) is 0.270. The number of aromatic nitrogens is 2. The monoisotopic (exact) mass is 373 g/mol. The molecule has 2 amide bonds. The van der Waals surface area contributed by atoms with Crippen LogP contribution in [0, 0.1) is 30.6 Å². The van der Waals surface area contributed by atoms with Gasteiger partial charge in [-0.3, -0.25) is 14.3 Å². The first-order chi connectivity index (χ1) is 12.6. The molecule has 148 valence electrons. The Balaban J connectivity index is 1.88. The molecule has 2 heterocycles. The van der Waals surface area contributed by atoms with E-state index >= 15 is 0 Å². The number of hydrogen-bond acceptors (Lipinski definition) is 4. The highest BCUT2D eigenvalue weighted by Crippen LogP contribution is 2.20. The summed E-state index contributed by atoms with van der Waals surface area (Å²) < 4.78 is 1.86. The summed E-state index contributed by atoms with van der Waals surface area (Å²) >= 11 is 0. The highest BCUT2D eigenvalue weighted by atomic mass is 16.2. The predicted octanol–water partition coefficient (Wildman–Crippen LogP) is 2.06. The van der Waals surface area contributed by atoms with E-state index in [1.807, 2.05) is 49.1 Å². The molecule has 7 nitrogen and oxygen atoms in total. The molecule has 0 N–H and O–H groups in total. The van der Waals surface area contributed by atoms with Gasteiger partial charge >= 0.3 is 0 Å². The molecule has 1 aliphatic heterocycles. The highest BCUT2D eigenvalue weighted by molar-refractivity contribution is 5.82. The molecule has 0 spiro atoms. The maximum absolute atomic E-state index is 12.6. The summed E-state index contributed by atoms with van der Waals surface area (Å²) in [4.78, 5) is 28.7. The van der Waals surface area contributed by atoms with Crippen LogP contribution in [0.25, 0.3) is 0 Å². The minimum atomic E-state index is -0.382. The van der Waals surface area contributed by atoms with Gasteiger partial charge < -0.3 is 9.80 Å². The lowest BCUT2D eigenvalue weighted by Gasteiger charge is -2.37. The maximum atomic E-state index is 12.6. The molecule has 7 heteroatoms. The maximum Gasteiger partial charge on any atom is 0.228 e. The second-order valence-electron chi connectivity index (χ2n) is 8.20. The van der Waals surface area contributed by atoms with Crippen molar-refractivity contribution in [1.29, 1.82) is 5.26 Å². The molecule has 0 radical (unpaired) electrons. The molecule has 1 aromatic rings. The normalized spacial score (nSPS) is 15.0. The molecule has 0 bridgehead atoms. The number of carbonyl (C=O) groups is 2. The van der Waals surface area contributed by atoms with Gasteiger partial charge in [-0.25, -0.2) is 0 Å². The second-order valence-corrected chi connectivity index (χ2v) is 8.20. The van der Waals surface area contributed by atoms with Crippen LogP contribution in [0.2, 0.25) is 0 Å². The molecule has 0 aliphatic carbocycles. The van der Waals surface area contributed by atoms with Crippen LogP contribution < -0.4 is 0 Å². The molecule has 0 aromatic carbocycles. The van der Waals surface area contributed by atoms with Gasteiger partial charge in [-0.05, 0) is 25.8 Å². The van der Waals surface area contributed by atoms with Gasteiger partial charge in [0.15, 0.2) is 0 Å². The number of carbonyl (C=O) groups excluding carboxylic acids is 2. The van der Waals surface area contributed by atoms with Crippen LogP contribution in [0.4, 0.5) is 0 Å². The second kappa shape index (κ2) is 8.55. The van der Waals surface area contributed by atoms with Gasteiger partial charge in [-0.2, -0.15) is 10.4 Å². The minimum Gasteiger partial charge on any atom is -0.339 e. The van der Waals surface area contributed by atoms with E-state index in [2.05, 4.69) is 11.2 Å². The summed E-state index contributed by atoms with van der Waals surface area (Å²) in [6.07, 6.45) is 1.53. The topological polar surface area (TPSA) is 82.2 Å². The Kier molecular flexibility index (Phi) is 6.63. The smallest absolute Gasteiger partial charge is 0.228 e. The summed E-state index contributed by atoms with van der Waals surface area (Å²) in [6.45, 7) is 12.7. The third-order valence-corrected chi connectivity index (χ3v) is 5.12. The van der Waals surface area contributed by atoms with Gasteiger partial charge in [0.1, 0.15) is 0 Å². The fourth-order valence-electron chi connectivity index (χ4n) is 3.49. The van der Waals surface area contributed by atoms with Crippen molar-refractivity contribution < 1.29 is 9.59 Å². The summed E-state index contributed by atoms with van der Waals surface area (Å²) in [5.41, 5.74) is 2.69. The quantitative estimate of drug-likeness (QED) is 0.791. The Morgan fingerprint density at radius 3 is 2.26 bits per heavy atom. The van der Waals surface area contributed by atoms with Crippen molar-refractivity contribution in [2.45, 2.75) is 60.4 Å². The van der Waals surface area contributed by atoms with E-state index < -0.39 is 0 Å². The Morgan fingerprint density at radius 1 is 1.11 bits per heavy atom. The zero-order valence-electron chi connectivity index (χ0n) is 17.2. The number of nitrogens with zero attached hydrogens (tertiary/aromatic N) is 5. The van der Waals surface area contributed by atoms with Crippen LogP contribution in [0.5, 0.6) is 0 Å². The number of hydrogen-bond donors (Lipinski definition) is 0. The molecular formula is C20H31N5O2. The van der Waals surface area contributed by atoms with E-state index in [1.165, 1.54) is 0 Å². The molecule has 1 saturated heterocycles. The summed E-state index contributed by atoms with van der Waals surface area (Å²) in [5, 5.41) is 13.2. The molecule has 1 fully saturated rings. The molecular weight excluding hydrogens is 342 g/mol. The summed E-state index contributed by atoms with van der Waals surface area (Å²) in [7, 11) is 0. The first kappa shape index (κ1) is 20.9. The average molecular weight is 374 g/mol. The predicted molar refractivity (Wildman–Crippen MR) is 103 cm³/mol. The number of rotatable bonds is 5. The van der Waals surface area contributed by atoms with E-state index in [9.17, 15) is 9.59 Å². The van der Waals surface area contributed by atoms with Gasteiger partial charge in [-0.15, -0.1) is 0 Å². The van der Waals surface area contributed by atoms with Crippen molar-refractivity contribution in [3.8, 4) is 6.07 Å². The molecule has 0 unspecified atom stereocenters. The Labute approximate surface area is 161 Å². The molecule has 0 saturated carbocycles. The van der Waals surface area contributed by atoms with Crippen LogP contribution in [0.3, 0.4) is 0 Å². The number of amides is 2. The van der Waals surface area contributed by atoms with Crippen molar-refractivity contribution in [3.05, 3.63) is 17.0 Å². The van der Waals surface area contributed by atoms with Crippen LogP contribution in [0.15, 0.2) is 0 Å². The van der Waals surface area contributed by atoms with Crippen molar-refractivity contribution in [2.24, 2.45) is 5.41 Å². The minimum absolute atomic E-state index is 0.126. The van der Waals surface area contributed by atoms with Gasteiger partial charge in [0.25, 0.3) is 0 Å². The average Bonchev–Trinajstić information content (AvgIpc) is 2.90. The molecule has 2 rings (SSSR count). The van der Waals surface area contributed by atoms with E-state index in [0.717, 1.165) is 17.0 Å².